The first-order valence-corrected chi connectivity index (χ1v) is 6.23. The summed E-state index contributed by atoms with van der Waals surface area (Å²) < 4.78 is 29.0. The topological polar surface area (TPSA) is 66.8 Å². The molecule has 0 radical (unpaired) electrons. The van der Waals surface area contributed by atoms with Crippen molar-refractivity contribution in [3.63, 3.8) is 0 Å². The number of nitrogens with zero attached hydrogens (tertiary/aromatic N) is 1. The Bertz CT molecular complexity index is 282. The highest BCUT2D eigenvalue weighted by Gasteiger charge is 2.45. The maximum Gasteiger partial charge on any atom is 0.216 e. The Hall–Kier alpha value is -0.170. The number of hydrogen-bond acceptors (Lipinski definition) is 4. The summed E-state index contributed by atoms with van der Waals surface area (Å²) in [6.07, 6.45) is 0.587. The molecule has 14 heavy (non-hydrogen) atoms. The Labute approximate surface area is 84.7 Å². The Morgan fingerprint density at radius 2 is 2.07 bits per heavy atom. The summed E-state index contributed by atoms with van der Waals surface area (Å²) >= 11 is 0. The monoisotopic (exact) mass is 223 g/mol. The van der Waals surface area contributed by atoms with E-state index in [0.29, 0.717) is 6.42 Å². The highest BCUT2D eigenvalue weighted by molar-refractivity contribution is 7.89. The fourth-order valence-corrected chi connectivity index (χ4v) is 2.86. The number of methoxy groups -OCH3 is 1. The second-order valence-corrected chi connectivity index (χ2v) is 5.74. The molecule has 1 aliphatic heterocycles. The number of aliphatic hydroxyl groups is 1. The van der Waals surface area contributed by atoms with Crippen LogP contribution in [0.3, 0.4) is 0 Å². The molecule has 1 fully saturated rings. The number of rotatable bonds is 5. The predicted octanol–water partition coefficient (Wildman–Crippen LogP) is -0.581. The van der Waals surface area contributed by atoms with Gasteiger partial charge in [0.2, 0.25) is 10.0 Å². The quantitative estimate of drug-likeness (QED) is 0.677. The highest BCUT2D eigenvalue weighted by Crippen LogP contribution is 2.26. The van der Waals surface area contributed by atoms with E-state index < -0.39 is 15.6 Å². The third-order valence-electron chi connectivity index (χ3n) is 2.54. The van der Waals surface area contributed by atoms with Gasteiger partial charge in [-0.15, -0.1) is 0 Å². The molecule has 0 atom stereocenters. The fraction of sp³-hybridized carbons (Fsp3) is 1.00. The second-order valence-electron chi connectivity index (χ2n) is 3.65. The molecule has 1 N–H and O–H groups in total. The van der Waals surface area contributed by atoms with E-state index in [9.17, 15) is 13.5 Å². The summed E-state index contributed by atoms with van der Waals surface area (Å²) in [5, 5.41) is 9.64. The zero-order valence-corrected chi connectivity index (χ0v) is 9.38. The zero-order valence-electron chi connectivity index (χ0n) is 8.56. The van der Waals surface area contributed by atoms with E-state index in [0.717, 1.165) is 0 Å². The lowest BCUT2D eigenvalue weighted by Crippen LogP contribution is -2.63. The van der Waals surface area contributed by atoms with Gasteiger partial charge in [-0.2, -0.15) is 4.31 Å². The van der Waals surface area contributed by atoms with Crippen molar-refractivity contribution >= 4 is 10.0 Å². The Kier molecular flexibility index (Phi) is 3.52. The minimum Gasteiger partial charge on any atom is -0.387 e. The first-order valence-electron chi connectivity index (χ1n) is 4.63. The summed E-state index contributed by atoms with van der Waals surface area (Å²) in [4.78, 5) is 0. The molecule has 0 aromatic rings. The molecule has 6 heteroatoms. The molecule has 5 nitrogen and oxygen atoms in total. The van der Waals surface area contributed by atoms with Crippen molar-refractivity contribution in [1.29, 1.82) is 0 Å². The lowest BCUT2D eigenvalue weighted by molar-refractivity contribution is -0.0614. The van der Waals surface area contributed by atoms with E-state index in [-0.39, 0.29) is 25.4 Å². The maximum absolute atomic E-state index is 11.5. The van der Waals surface area contributed by atoms with Crippen molar-refractivity contribution in [2.24, 2.45) is 0 Å². The van der Waals surface area contributed by atoms with Gasteiger partial charge in [0.15, 0.2) is 0 Å². The van der Waals surface area contributed by atoms with Crippen LogP contribution in [0.2, 0.25) is 0 Å². The Balaban J connectivity index is 2.46. The van der Waals surface area contributed by atoms with E-state index >= 15 is 0 Å². The van der Waals surface area contributed by atoms with Gasteiger partial charge in [0.05, 0.1) is 18.0 Å². The standard InChI is InChI=1S/C8H17NO4S/c1-3-8(10)6-9(7-8)14(11,12)5-4-13-2/h10H,3-7H2,1-2H3. The predicted molar refractivity (Wildman–Crippen MR) is 52.5 cm³/mol. The van der Waals surface area contributed by atoms with E-state index in [1.807, 2.05) is 6.92 Å². The van der Waals surface area contributed by atoms with Gasteiger partial charge in [-0.05, 0) is 6.42 Å². The maximum atomic E-state index is 11.5. The lowest BCUT2D eigenvalue weighted by atomic mass is 9.94. The molecule has 0 aliphatic carbocycles. The molecule has 0 saturated carbocycles. The van der Waals surface area contributed by atoms with Gasteiger partial charge in [0.1, 0.15) is 0 Å². The third kappa shape index (κ3) is 2.44. The molecule has 1 aliphatic rings. The second kappa shape index (κ2) is 4.14. The van der Waals surface area contributed by atoms with Crippen LogP contribution in [0.5, 0.6) is 0 Å². The third-order valence-corrected chi connectivity index (χ3v) is 4.27. The SMILES string of the molecule is CCC1(O)CN(S(=O)(=O)CCOC)C1. The first kappa shape index (κ1) is 11.9. The largest absolute Gasteiger partial charge is 0.387 e. The Morgan fingerprint density at radius 1 is 1.50 bits per heavy atom. The van der Waals surface area contributed by atoms with Crippen molar-refractivity contribution in [3.8, 4) is 0 Å². The van der Waals surface area contributed by atoms with Crippen LogP contribution < -0.4 is 0 Å². The normalized spacial score (nSPS) is 21.9. The minimum atomic E-state index is -3.22. The smallest absolute Gasteiger partial charge is 0.216 e. The van der Waals surface area contributed by atoms with Crippen molar-refractivity contribution in [3.05, 3.63) is 0 Å². The van der Waals surface area contributed by atoms with Gasteiger partial charge >= 0.3 is 0 Å². The molecule has 0 amide bonds. The van der Waals surface area contributed by atoms with Gasteiger partial charge < -0.3 is 9.84 Å². The van der Waals surface area contributed by atoms with Crippen LogP contribution in [0.4, 0.5) is 0 Å². The zero-order chi connectivity index (χ0) is 10.8. The van der Waals surface area contributed by atoms with Crippen LogP contribution in [0, 0.1) is 0 Å². The number of sulfonamides is 1. The van der Waals surface area contributed by atoms with E-state index in [2.05, 4.69) is 0 Å². The summed E-state index contributed by atoms with van der Waals surface area (Å²) in [7, 11) is -1.75. The van der Waals surface area contributed by atoms with E-state index in [1.54, 1.807) is 0 Å². The van der Waals surface area contributed by atoms with E-state index in [4.69, 9.17) is 4.74 Å². The molecule has 0 spiro atoms. The number of hydrogen-bond donors (Lipinski definition) is 1. The summed E-state index contributed by atoms with van der Waals surface area (Å²) in [5.41, 5.74) is -0.805. The van der Waals surface area contributed by atoms with Crippen molar-refractivity contribution in [2.45, 2.75) is 18.9 Å². The van der Waals surface area contributed by atoms with Crippen molar-refractivity contribution < 1.29 is 18.3 Å². The van der Waals surface area contributed by atoms with Gasteiger partial charge in [0.25, 0.3) is 0 Å². The number of ether oxygens (including phenoxy) is 1. The van der Waals surface area contributed by atoms with Crippen LogP contribution in [-0.2, 0) is 14.8 Å². The molecule has 0 unspecified atom stereocenters. The summed E-state index contributed by atoms with van der Waals surface area (Å²) in [6, 6.07) is 0. The molecule has 1 saturated heterocycles. The Morgan fingerprint density at radius 3 is 2.50 bits per heavy atom. The molecule has 1 rings (SSSR count). The molecule has 1 heterocycles. The molecular formula is C8H17NO4S. The summed E-state index contributed by atoms with van der Waals surface area (Å²) in [6.45, 7) is 2.48. The van der Waals surface area contributed by atoms with Gasteiger partial charge in [-0.3, -0.25) is 0 Å². The molecule has 84 valence electrons. The van der Waals surface area contributed by atoms with Crippen LogP contribution in [0.25, 0.3) is 0 Å². The average molecular weight is 223 g/mol. The van der Waals surface area contributed by atoms with Crippen molar-refractivity contribution in [2.75, 3.05) is 32.6 Å². The van der Waals surface area contributed by atoms with Gasteiger partial charge in [-0.25, -0.2) is 8.42 Å². The highest BCUT2D eigenvalue weighted by atomic mass is 32.2. The minimum absolute atomic E-state index is 0.0106. The number of β-amino-alcohol motifs (C(OH)–C–C–N with tert-alkyl or cyclic N) is 1. The van der Waals surface area contributed by atoms with E-state index in [1.165, 1.54) is 11.4 Å². The van der Waals surface area contributed by atoms with Gasteiger partial charge in [0, 0.05) is 20.2 Å². The van der Waals surface area contributed by atoms with Crippen molar-refractivity contribution in [1.82, 2.24) is 4.31 Å². The van der Waals surface area contributed by atoms with Crippen LogP contribution in [0.1, 0.15) is 13.3 Å². The van der Waals surface area contributed by atoms with Crippen LogP contribution in [-0.4, -0.2) is 56.0 Å². The van der Waals surface area contributed by atoms with Crippen LogP contribution in [0.15, 0.2) is 0 Å². The molecule has 0 aromatic heterocycles. The summed E-state index contributed by atoms with van der Waals surface area (Å²) in [5.74, 6) is -0.0106. The molecule has 0 bridgehead atoms. The fourth-order valence-electron chi connectivity index (χ4n) is 1.35. The molecule has 0 aromatic carbocycles. The lowest BCUT2D eigenvalue weighted by Gasteiger charge is -2.44. The van der Waals surface area contributed by atoms with Gasteiger partial charge in [-0.1, -0.05) is 6.92 Å². The average Bonchev–Trinajstić information content (AvgIpc) is 2.09. The van der Waals surface area contributed by atoms with Crippen LogP contribution >= 0.6 is 0 Å². The molecular weight excluding hydrogens is 206 g/mol. The first-order chi connectivity index (χ1) is 6.43.